The Hall–Kier alpha value is -3.19. The molecule has 0 saturated heterocycles. The summed E-state index contributed by atoms with van der Waals surface area (Å²) in [6.45, 7) is 8.73. The highest BCUT2D eigenvalue weighted by molar-refractivity contribution is 9.10. The summed E-state index contributed by atoms with van der Waals surface area (Å²) in [5.41, 5.74) is 4.91. The molecule has 2 aromatic rings. The Morgan fingerprint density at radius 3 is 1.97 bits per heavy atom. The van der Waals surface area contributed by atoms with Crippen LogP contribution in [0.25, 0.3) is 0 Å². The molecule has 204 valence electrons. The number of rotatable bonds is 5. The molecule has 0 aromatic heterocycles. The first-order valence-corrected chi connectivity index (χ1v) is 14.1. The normalized spacial score (nSPS) is 20.6. The molecule has 0 radical (unpaired) electrons. The molecule has 0 spiro atoms. The van der Waals surface area contributed by atoms with Gasteiger partial charge in [0.05, 0.1) is 5.56 Å². The van der Waals surface area contributed by atoms with Crippen molar-refractivity contribution in [3.63, 3.8) is 0 Å². The molecule has 0 unspecified atom stereocenters. The fraction of sp³-hybridized carbons (Fsp3) is 0.406. The summed E-state index contributed by atoms with van der Waals surface area (Å²) in [7, 11) is 2.00. The van der Waals surface area contributed by atoms with Crippen molar-refractivity contribution in [3.05, 3.63) is 86.2 Å². The zero-order valence-corrected chi connectivity index (χ0v) is 24.6. The van der Waals surface area contributed by atoms with Crippen LogP contribution in [0, 0.1) is 10.8 Å². The van der Waals surface area contributed by atoms with E-state index in [0.717, 1.165) is 39.8 Å². The average Bonchev–Trinajstić information content (AvgIpc) is 2.83. The second kappa shape index (κ2) is 9.77. The number of carbonyl (C=O) groups is 3. The lowest BCUT2D eigenvalue weighted by Gasteiger charge is -2.48. The maximum atomic E-state index is 13.8. The van der Waals surface area contributed by atoms with Gasteiger partial charge in [-0.05, 0) is 59.6 Å². The summed E-state index contributed by atoms with van der Waals surface area (Å²) in [5, 5.41) is 9.20. The fourth-order valence-corrected chi connectivity index (χ4v) is 6.64. The van der Waals surface area contributed by atoms with Crippen molar-refractivity contribution in [1.82, 2.24) is 4.90 Å². The summed E-state index contributed by atoms with van der Waals surface area (Å²) in [5.74, 6) is -0.715. The SMILES string of the molecule is CN1C2=C(C(=O)CC(C)(C)C2)C(c2cc(Br)ccc2OCc2ccc(C(=O)O)cc2)C2=C1CC(C)(C)CC2=O. The Labute approximate surface area is 237 Å². The lowest BCUT2D eigenvalue weighted by molar-refractivity contribution is -0.119. The van der Waals surface area contributed by atoms with Gasteiger partial charge in [-0.1, -0.05) is 55.8 Å². The number of allylic oxidation sites excluding steroid dienone is 4. The molecule has 6 nitrogen and oxygen atoms in total. The van der Waals surface area contributed by atoms with Crippen LogP contribution in [0.1, 0.15) is 80.8 Å². The number of Topliss-reactive ketones (excluding diaryl/α,β-unsaturated/α-hetero) is 2. The molecular formula is C32H34BrNO5. The van der Waals surface area contributed by atoms with E-state index >= 15 is 0 Å². The van der Waals surface area contributed by atoms with E-state index in [1.54, 1.807) is 24.3 Å². The van der Waals surface area contributed by atoms with Crippen LogP contribution in [0.5, 0.6) is 5.75 Å². The van der Waals surface area contributed by atoms with Crippen LogP contribution in [0.15, 0.2) is 69.5 Å². The number of aromatic carboxylic acids is 1. The van der Waals surface area contributed by atoms with E-state index in [9.17, 15) is 19.5 Å². The number of hydrogen-bond acceptors (Lipinski definition) is 5. The van der Waals surface area contributed by atoms with Gasteiger partial charge in [0.15, 0.2) is 11.6 Å². The van der Waals surface area contributed by atoms with E-state index in [-0.39, 0.29) is 34.6 Å². The van der Waals surface area contributed by atoms with Crippen molar-refractivity contribution in [1.29, 1.82) is 0 Å². The third-order valence-electron chi connectivity index (χ3n) is 8.06. The van der Waals surface area contributed by atoms with Gasteiger partial charge in [-0.25, -0.2) is 4.79 Å². The second-order valence-corrected chi connectivity index (χ2v) is 13.5. The molecule has 7 heteroatoms. The molecule has 1 heterocycles. The van der Waals surface area contributed by atoms with Gasteiger partial charge in [-0.3, -0.25) is 9.59 Å². The van der Waals surface area contributed by atoms with E-state index in [1.165, 1.54) is 0 Å². The molecular weight excluding hydrogens is 558 g/mol. The standard InChI is InChI=1S/C32H34BrNO5/c1-31(2)13-22-28(24(35)15-31)27(29-23(34(22)5)14-32(3,4)16-25(29)36)21-12-20(33)10-11-26(21)39-17-18-6-8-19(9-7-18)30(37)38/h6-12,27H,13-17H2,1-5H3,(H,37,38). The first-order valence-electron chi connectivity index (χ1n) is 13.3. The lowest BCUT2D eigenvalue weighted by Crippen LogP contribution is -2.43. The number of carbonyl (C=O) groups excluding carboxylic acids is 2. The van der Waals surface area contributed by atoms with Crippen molar-refractivity contribution in [2.75, 3.05) is 7.05 Å². The molecule has 39 heavy (non-hydrogen) atoms. The van der Waals surface area contributed by atoms with Crippen LogP contribution in [0.2, 0.25) is 0 Å². The average molecular weight is 593 g/mol. The smallest absolute Gasteiger partial charge is 0.335 e. The number of carboxylic acids is 1. The number of ether oxygens (including phenoxy) is 1. The third kappa shape index (κ3) is 5.21. The van der Waals surface area contributed by atoms with Crippen LogP contribution in [-0.4, -0.2) is 34.6 Å². The number of hydrogen-bond donors (Lipinski definition) is 1. The Kier molecular flexibility index (Phi) is 6.86. The van der Waals surface area contributed by atoms with Gasteiger partial charge in [0.2, 0.25) is 0 Å². The largest absolute Gasteiger partial charge is 0.489 e. The van der Waals surface area contributed by atoms with Crippen molar-refractivity contribution < 1.29 is 24.2 Å². The summed E-state index contributed by atoms with van der Waals surface area (Å²) >= 11 is 3.61. The molecule has 5 rings (SSSR count). The zero-order chi connectivity index (χ0) is 28.3. The highest BCUT2D eigenvalue weighted by Crippen LogP contribution is 2.55. The lowest BCUT2D eigenvalue weighted by atomic mass is 9.63. The minimum atomic E-state index is -0.978. The number of benzene rings is 2. The molecule has 0 bridgehead atoms. The first-order chi connectivity index (χ1) is 18.3. The van der Waals surface area contributed by atoms with Crippen molar-refractivity contribution >= 4 is 33.5 Å². The maximum absolute atomic E-state index is 13.8. The topological polar surface area (TPSA) is 83.9 Å². The minimum Gasteiger partial charge on any atom is -0.489 e. The first kappa shape index (κ1) is 27.4. The predicted octanol–water partition coefficient (Wildman–Crippen LogP) is 7.04. The number of ketones is 2. The van der Waals surface area contributed by atoms with Gasteiger partial charge in [-0.15, -0.1) is 0 Å². The Morgan fingerprint density at radius 1 is 0.923 bits per heavy atom. The van der Waals surface area contributed by atoms with E-state index in [0.29, 0.717) is 29.7 Å². The van der Waals surface area contributed by atoms with Crippen LogP contribution in [0.4, 0.5) is 0 Å². The summed E-state index contributed by atoms with van der Waals surface area (Å²) < 4.78 is 7.16. The van der Waals surface area contributed by atoms with Crippen LogP contribution >= 0.6 is 15.9 Å². The third-order valence-corrected chi connectivity index (χ3v) is 8.55. The van der Waals surface area contributed by atoms with Gasteiger partial charge in [0.1, 0.15) is 12.4 Å². The molecule has 0 atom stereocenters. The molecule has 1 N–H and O–H groups in total. The van der Waals surface area contributed by atoms with E-state index in [1.807, 2.05) is 25.2 Å². The maximum Gasteiger partial charge on any atom is 0.335 e. The monoisotopic (exact) mass is 591 g/mol. The number of nitrogens with zero attached hydrogens (tertiary/aromatic N) is 1. The van der Waals surface area contributed by atoms with Gasteiger partial charge in [0, 0.05) is 58.4 Å². The molecule has 3 aliphatic rings. The molecule has 2 aromatic carbocycles. The zero-order valence-electron chi connectivity index (χ0n) is 23.1. The predicted molar refractivity (Wildman–Crippen MR) is 152 cm³/mol. The summed E-state index contributed by atoms with van der Waals surface area (Å²) in [6, 6.07) is 12.3. The molecule has 0 amide bonds. The Balaban J connectivity index is 1.63. The quantitative estimate of drug-likeness (QED) is 0.401. The van der Waals surface area contributed by atoms with Crippen LogP contribution in [0.3, 0.4) is 0 Å². The van der Waals surface area contributed by atoms with Gasteiger partial charge in [0.25, 0.3) is 0 Å². The second-order valence-electron chi connectivity index (χ2n) is 12.6. The van der Waals surface area contributed by atoms with Crippen molar-refractivity contribution in [3.8, 4) is 5.75 Å². The number of halogens is 1. The molecule has 1 aliphatic heterocycles. The molecule has 0 fully saturated rings. The van der Waals surface area contributed by atoms with E-state index in [2.05, 4.69) is 48.5 Å². The fourth-order valence-electron chi connectivity index (χ4n) is 6.26. The highest BCUT2D eigenvalue weighted by Gasteiger charge is 2.48. The Bertz CT molecular complexity index is 1390. The highest BCUT2D eigenvalue weighted by atomic mass is 79.9. The number of carboxylic acid groups (broad SMARTS) is 1. The van der Waals surface area contributed by atoms with Gasteiger partial charge < -0.3 is 14.7 Å². The van der Waals surface area contributed by atoms with Crippen LogP contribution < -0.4 is 4.74 Å². The van der Waals surface area contributed by atoms with E-state index < -0.39 is 11.9 Å². The van der Waals surface area contributed by atoms with Crippen LogP contribution in [-0.2, 0) is 16.2 Å². The van der Waals surface area contributed by atoms with E-state index in [4.69, 9.17) is 4.74 Å². The summed E-state index contributed by atoms with van der Waals surface area (Å²) in [4.78, 5) is 41.0. The minimum absolute atomic E-state index is 0.0810. The molecule has 2 aliphatic carbocycles. The van der Waals surface area contributed by atoms with Crippen molar-refractivity contribution in [2.24, 2.45) is 10.8 Å². The Morgan fingerprint density at radius 2 is 1.46 bits per heavy atom. The van der Waals surface area contributed by atoms with Crippen molar-refractivity contribution in [2.45, 2.75) is 65.9 Å². The van der Waals surface area contributed by atoms with Gasteiger partial charge in [-0.2, -0.15) is 0 Å². The van der Waals surface area contributed by atoms with Gasteiger partial charge >= 0.3 is 5.97 Å². The summed E-state index contributed by atoms with van der Waals surface area (Å²) in [6.07, 6.45) is 2.37. The molecule has 0 saturated carbocycles.